The van der Waals surface area contributed by atoms with Crippen LogP contribution in [0.3, 0.4) is 0 Å². The predicted octanol–water partition coefficient (Wildman–Crippen LogP) is 2.09. The van der Waals surface area contributed by atoms with Gasteiger partial charge in [-0.15, -0.1) is 0 Å². The van der Waals surface area contributed by atoms with Gasteiger partial charge in [-0.3, -0.25) is 0 Å². The number of rotatable bonds is 4. The van der Waals surface area contributed by atoms with Gasteiger partial charge < -0.3 is 15.2 Å². The molecule has 0 bridgehead atoms. The molecule has 2 N–H and O–H groups in total. The van der Waals surface area contributed by atoms with Crippen LogP contribution in [0.4, 0.5) is 0 Å². The van der Waals surface area contributed by atoms with Crippen molar-refractivity contribution in [2.75, 3.05) is 19.8 Å². The fraction of sp³-hybridized carbons (Fsp3) is 1.00. The molecule has 2 rings (SSSR count). The van der Waals surface area contributed by atoms with Crippen LogP contribution in [0.2, 0.25) is 0 Å². The Labute approximate surface area is 105 Å². The highest BCUT2D eigenvalue weighted by Crippen LogP contribution is 2.33. The summed E-state index contributed by atoms with van der Waals surface area (Å²) in [6, 6.07) is 0.455. The van der Waals surface area contributed by atoms with E-state index in [1.54, 1.807) is 0 Å². The van der Waals surface area contributed by atoms with E-state index >= 15 is 0 Å². The van der Waals surface area contributed by atoms with E-state index in [4.69, 9.17) is 4.74 Å². The second-order valence-corrected chi connectivity index (χ2v) is 5.87. The van der Waals surface area contributed by atoms with Crippen molar-refractivity contribution in [1.82, 2.24) is 5.32 Å². The van der Waals surface area contributed by atoms with Crippen molar-refractivity contribution in [2.45, 2.75) is 63.5 Å². The Morgan fingerprint density at radius 3 is 2.65 bits per heavy atom. The average molecular weight is 241 g/mol. The molecule has 2 fully saturated rings. The molecular weight excluding hydrogens is 214 g/mol. The Morgan fingerprint density at radius 2 is 2.06 bits per heavy atom. The summed E-state index contributed by atoms with van der Waals surface area (Å²) in [5, 5.41) is 14.0. The molecule has 1 heterocycles. The normalized spacial score (nSPS) is 39.2. The molecule has 0 amide bonds. The van der Waals surface area contributed by atoms with E-state index in [-0.39, 0.29) is 0 Å². The van der Waals surface area contributed by atoms with E-state index in [9.17, 15) is 5.11 Å². The van der Waals surface area contributed by atoms with Crippen LogP contribution in [0, 0.1) is 5.92 Å². The van der Waals surface area contributed by atoms with E-state index in [1.165, 1.54) is 25.7 Å². The zero-order valence-electron chi connectivity index (χ0n) is 11.1. The Hall–Kier alpha value is -0.120. The molecule has 0 radical (unpaired) electrons. The number of aliphatic hydroxyl groups is 1. The second-order valence-electron chi connectivity index (χ2n) is 5.87. The van der Waals surface area contributed by atoms with Gasteiger partial charge in [0.2, 0.25) is 0 Å². The van der Waals surface area contributed by atoms with Crippen LogP contribution in [0.25, 0.3) is 0 Å². The number of ether oxygens (including phenoxy) is 1. The molecule has 0 aromatic heterocycles. The summed E-state index contributed by atoms with van der Waals surface area (Å²) in [4.78, 5) is 0. The molecule has 0 spiro atoms. The summed E-state index contributed by atoms with van der Waals surface area (Å²) >= 11 is 0. The van der Waals surface area contributed by atoms with Gasteiger partial charge >= 0.3 is 0 Å². The summed E-state index contributed by atoms with van der Waals surface area (Å²) in [7, 11) is 0. The molecular formula is C14H27NO2. The molecule has 0 aromatic carbocycles. The zero-order valence-corrected chi connectivity index (χ0v) is 11.1. The molecule has 1 saturated carbocycles. The van der Waals surface area contributed by atoms with Gasteiger partial charge in [-0.05, 0) is 44.4 Å². The van der Waals surface area contributed by atoms with Crippen molar-refractivity contribution in [2.24, 2.45) is 5.92 Å². The van der Waals surface area contributed by atoms with E-state index in [2.05, 4.69) is 12.2 Å². The van der Waals surface area contributed by atoms with Crippen LogP contribution < -0.4 is 5.32 Å². The van der Waals surface area contributed by atoms with E-state index in [1.807, 2.05) is 0 Å². The highest BCUT2D eigenvalue weighted by atomic mass is 16.5. The van der Waals surface area contributed by atoms with E-state index in [0.29, 0.717) is 6.04 Å². The molecule has 3 nitrogen and oxygen atoms in total. The Morgan fingerprint density at radius 1 is 1.29 bits per heavy atom. The summed E-state index contributed by atoms with van der Waals surface area (Å²) in [6.07, 6.45) is 7.91. The molecule has 1 saturated heterocycles. The van der Waals surface area contributed by atoms with Gasteiger partial charge in [0.25, 0.3) is 0 Å². The lowest BCUT2D eigenvalue weighted by Crippen LogP contribution is -2.48. The zero-order chi connectivity index (χ0) is 12.1. The molecule has 2 aliphatic rings. The molecule has 3 heteroatoms. The van der Waals surface area contributed by atoms with Gasteiger partial charge in [-0.2, -0.15) is 0 Å². The summed E-state index contributed by atoms with van der Waals surface area (Å²) < 4.78 is 5.45. The molecule has 100 valence electrons. The molecule has 1 aliphatic carbocycles. The van der Waals surface area contributed by atoms with Crippen LogP contribution >= 0.6 is 0 Å². The first kappa shape index (κ1) is 13.3. The molecule has 1 aliphatic heterocycles. The van der Waals surface area contributed by atoms with Gasteiger partial charge in [0.1, 0.15) is 0 Å². The lowest BCUT2D eigenvalue weighted by atomic mass is 9.77. The third kappa shape index (κ3) is 3.94. The first-order valence-electron chi connectivity index (χ1n) is 7.25. The molecule has 1 unspecified atom stereocenters. The predicted molar refractivity (Wildman–Crippen MR) is 69.0 cm³/mol. The fourth-order valence-corrected chi connectivity index (χ4v) is 3.04. The first-order valence-corrected chi connectivity index (χ1v) is 7.25. The van der Waals surface area contributed by atoms with Gasteiger partial charge in [-0.25, -0.2) is 0 Å². The van der Waals surface area contributed by atoms with Crippen LogP contribution in [0.5, 0.6) is 0 Å². The van der Waals surface area contributed by atoms with Crippen molar-refractivity contribution >= 4 is 0 Å². The van der Waals surface area contributed by atoms with Gasteiger partial charge in [0, 0.05) is 19.2 Å². The Kier molecular flexibility index (Phi) is 4.83. The minimum Gasteiger partial charge on any atom is -0.389 e. The SMILES string of the molecule is CCC1CCC(O)(CNC2CCCOC2)CC1. The lowest BCUT2D eigenvalue weighted by molar-refractivity contribution is -0.0169. The largest absolute Gasteiger partial charge is 0.389 e. The third-order valence-electron chi connectivity index (χ3n) is 4.49. The van der Waals surface area contributed by atoms with Crippen molar-refractivity contribution in [3.8, 4) is 0 Å². The monoisotopic (exact) mass is 241 g/mol. The van der Waals surface area contributed by atoms with Crippen molar-refractivity contribution in [3.63, 3.8) is 0 Å². The quantitative estimate of drug-likeness (QED) is 0.792. The van der Waals surface area contributed by atoms with Gasteiger partial charge in [-0.1, -0.05) is 13.3 Å². The standard InChI is InChI=1S/C14H27NO2/c1-2-12-5-7-14(16,8-6-12)11-15-13-4-3-9-17-10-13/h12-13,15-16H,2-11H2,1H3. The second kappa shape index (κ2) is 6.17. The molecule has 0 aromatic rings. The Bertz CT molecular complexity index is 218. The lowest BCUT2D eigenvalue weighted by Gasteiger charge is -2.37. The third-order valence-corrected chi connectivity index (χ3v) is 4.49. The molecule has 17 heavy (non-hydrogen) atoms. The number of hydrogen-bond acceptors (Lipinski definition) is 3. The summed E-state index contributed by atoms with van der Waals surface area (Å²) in [5.74, 6) is 0.841. The maximum atomic E-state index is 10.5. The van der Waals surface area contributed by atoms with Gasteiger partial charge in [0.05, 0.1) is 12.2 Å². The smallest absolute Gasteiger partial charge is 0.0771 e. The van der Waals surface area contributed by atoms with Crippen LogP contribution in [0.1, 0.15) is 51.9 Å². The van der Waals surface area contributed by atoms with Crippen LogP contribution in [-0.4, -0.2) is 36.5 Å². The van der Waals surface area contributed by atoms with Crippen molar-refractivity contribution in [3.05, 3.63) is 0 Å². The highest BCUT2D eigenvalue weighted by Gasteiger charge is 2.33. The topological polar surface area (TPSA) is 41.5 Å². The minimum atomic E-state index is -0.455. The van der Waals surface area contributed by atoms with Crippen LogP contribution in [0.15, 0.2) is 0 Å². The van der Waals surface area contributed by atoms with Crippen molar-refractivity contribution in [1.29, 1.82) is 0 Å². The molecule has 1 atom stereocenters. The summed E-state index contributed by atoms with van der Waals surface area (Å²) in [6.45, 7) is 4.72. The van der Waals surface area contributed by atoms with Crippen molar-refractivity contribution < 1.29 is 9.84 Å². The maximum absolute atomic E-state index is 10.5. The van der Waals surface area contributed by atoms with Crippen LogP contribution in [-0.2, 0) is 4.74 Å². The minimum absolute atomic E-state index is 0.455. The maximum Gasteiger partial charge on any atom is 0.0771 e. The Balaban J connectivity index is 1.70. The van der Waals surface area contributed by atoms with E-state index < -0.39 is 5.60 Å². The van der Waals surface area contributed by atoms with E-state index in [0.717, 1.165) is 44.9 Å². The highest BCUT2D eigenvalue weighted by molar-refractivity contribution is 4.88. The first-order chi connectivity index (χ1) is 8.22. The van der Waals surface area contributed by atoms with Gasteiger partial charge in [0.15, 0.2) is 0 Å². The fourth-order valence-electron chi connectivity index (χ4n) is 3.04. The summed E-state index contributed by atoms with van der Waals surface area (Å²) in [5.41, 5.74) is -0.455. The number of hydrogen-bond donors (Lipinski definition) is 2. The number of nitrogens with one attached hydrogen (secondary N) is 1. The average Bonchev–Trinajstić information content (AvgIpc) is 2.39.